The van der Waals surface area contributed by atoms with E-state index in [4.69, 9.17) is 18.9 Å². The highest BCUT2D eigenvalue weighted by Gasteiger charge is 2.29. The Morgan fingerprint density at radius 2 is 1.33 bits per heavy atom. The molecule has 0 saturated heterocycles. The van der Waals surface area contributed by atoms with Gasteiger partial charge in [-0.15, -0.1) is 0 Å². The Labute approximate surface area is 290 Å². The van der Waals surface area contributed by atoms with Gasteiger partial charge in [0.15, 0.2) is 0 Å². The molecule has 49 heavy (non-hydrogen) atoms. The van der Waals surface area contributed by atoms with Crippen LogP contribution in [0.1, 0.15) is 67.6 Å². The summed E-state index contributed by atoms with van der Waals surface area (Å²) in [5.74, 6) is -0.186. The molecule has 7 nitrogen and oxygen atoms in total. The lowest BCUT2D eigenvalue weighted by Crippen LogP contribution is -2.35. The summed E-state index contributed by atoms with van der Waals surface area (Å²) in [6, 6.07) is 32.4. The van der Waals surface area contributed by atoms with Crippen LogP contribution in [0.5, 0.6) is 11.5 Å². The maximum atomic E-state index is 14.1. The van der Waals surface area contributed by atoms with E-state index < -0.39 is 5.97 Å². The standard InChI is InChI=1S/C42H47NO6/c1-5-47-42(45)38-26-37(48-29-35-20-11-7-12-21-35)27-39(49-30-36-22-13-8-14-23-36)41(38)43(28-34-18-9-6-10-19-34)40(44)31-46-25-24-33(4)17-15-16-32(2)3/h6-14,16,18-24,26-27H,5,15,17,25,28-31H2,1-4H3/b33-24+. The van der Waals surface area contributed by atoms with E-state index in [1.54, 1.807) is 24.0 Å². The number of benzene rings is 4. The second-order valence-electron chi connectivity index (χ2n) is 11.9. The molecule has 0 spiro atoms. The lowest BCUT2D eigenvalue weighted by molar-refractivity contribution is -0.122. The Morgan fingerprint density at radius 3 is 1.92 bits per heavy atom. The molecule has 256 valence electrons. The molecule has 4 aromatic carbocycles. The molecule has 0 heterocycles. The van der Waals surface area contributed by atoms with Gasteiger partial charge in [-0.3, -0.25) is 4.79 Å². The van der Waals surface area contributed by atoms with E-state index in [0.29, 0.717) is 23.8 Å². The molecule has 0 aromatic heterocycles. The highest BCUT2D eigenvalue weighted by Crippen LogP contribution is 2.39. The smallest absolute Gasteiger partial charge is 0.340 e. The SMILES string of the molecule is CCOC(=O)c1cc(OCc2ccccc2)cc(OCc2ccccc2)c1N(Cc1ccccc1)C(=O)COC/C=C(\C)CCC=C(C)C. The van der Waals surface area contributed by atoms with Gasteiger partial charge in [0.1, 0.15) is 37.0 Å². The molecule has 0 unspecified atom stereocenters. The molecule has 1 amide bonds. The Bertz CT molecular complexity index is 1680. The molecule has 4 rings (SSSR count). The first-order chi connectivity index (χ1) is 23.8. The minimum absolute atomic E-state index is 0.155. The highest BCUT2D eigenvalue weighted by molar-refractivity contribution is 6.05. The molecule has 0 aliphatic heterocycles. The lowest BCUT2D eigenvalue weighted by atomic mass is 10.1. The molecule has 0 atom stereocenters. The van der Waals surface area contributed by atoms with Crippen LogP contribution in [0.4, 0.5) is 5.69 Å². The van der Waals surface area contributed by atoms with Crippen LogP contribution in [0.2, 0.25) is 0 Å². The van der Waals surface area contributed by atoms with Crippen LogP contribution in [-0.4, -0.2) is 31.7 Å². The van der Waals surface area contributed by atoms with Crippen LogP contribution in [0.3, 0.4) is 0 Å². The van der Waals surface area contributed by atoms with Gasteiger partial charge in [0.25, 0.3) is 5.91 Å². The lowest BCUT2D eigenvalue weighted by Gasteiger charge is -2.28. The molecule has 0 saturated carbocycles. The summed E-state index contributed by atoms with van der Waals surface area (Å²) in [5, 5.41) is 0. The first-order valence-corrected chi connectivity index (χ1v) is 16.7. The molecule has 0 bridgehead atoms. The number of allylic oxidation sites excluding steroid dienone is 3. The average molecular weight is 662 g/mol. The Hall–Kier alpha value is -5.14. The fourth-order valence-corrected chi connectivity index (χ4v) is 5.07. The number of hydrogen-bond acceptors (Lipinski definition) is 6. The number of hydrogen-bond donors (Lipinski definition) is 0. The first-order valence-electron chi connectivity index (χ1n) is 16.7. The van der Waals surface area contributed by atoms with Gasteiger partial charge in [0.05, 0.1) is 25.3 Å². The largest absolute Gasteiger partial charge is 0.489 e. The van der Waals surface area contributed by atoms with Gasteiger partial charge in [0, 0.05) is 6.07 Å². The minimum Gasteiger partial charge on any atom is -0.489 e. The van der Waals surface area contributed by atoms with Crippen molar-refractivity contribution >= 4 is 17.6 Å². The van der Waals surface area contributed by atoms with E-state index in [1.807, 2.05) is 97.1 Å². The van der Waals surface area contributed by atoms with Crippen molar-refractivity contribution in [2.24, 2.45) is 0 Å². The van der Waals surface area contributed by atoms with Crippen molar-refractivity contribution in [2.75, 3.05) is 24.7 Å². The number of nitrogens with zero attached hydrogens (tertiary/aromatic N) is 1. The van der Waals surface area contributed by atoms with Gasteiger partial charge in [-0.25, -0.2) is 4.79 Å². The predicted molar refractivity (Wildman–Crippen MR) is 195 cm³/mol. The van der Waals surface area contributed by atoms with Crippen LogP contribution in [-0.2, 0) is 34.0 Å². The number of esters is 1. The van der Waals surface area contributed by atoms with E-state index in [0.717, 1.165) is 29.5 Å². The zero-order chi connectivity index (χ0) is 34.8. The fraction of sp³-hybridized carbons (Fsp3) is 0.286. The number of amides is 1. The second kappa shape index (κ2) is 19.6. The van der Waals surface area contributed by atoms with Crippen molar-refractivity contribution < 1.29 is 28.5 Å². The molecular formula is C42H47NO6. The first kappa shape index (κ1) is 36.7. The molecule has 0 radical (unpaired) electrons. The quantitative estimate of drug-likeness (QED) is 0.0601. The number of rotatable bonds is 18. The fourth-order valence-electron chi connectivity index (χ4n) is 5.07. The van der Waals surface area contributed by atoms with Crippen molar-refractivity contribution in [1.29, 1.82) is 0 Å². The molecule has 4 aromatic rings. The van der Waals surface area contributed by atoms with E-state index in [9.17, 15) is 9.59 Å². The van der Waals surface area contributed by atoms with Crippen molar-refractivity contribution in [3.63, 3.8) is 0 Å². The van der Waals surface area contributed by atoms with Gasteiger partial charge in [-0.05, 0) is 63.3 Å². The number of carbonyl (C=O) groups is 2. The Kier molecular flexibility index (Phi) is 14.7. The van der Waals surface area contributed by atoms with Crippen LogP contribution in [0.25, 0.3) is 0 Å². The third-order valence-corrected chi connectivity index (χ3v) is 7.65. The molecular weight excluding hydrogens is 614 g/mol. The molecule has 7 heteroatoms. The maximum Gasteiger partial charge on any atom is 0.340 e. The second-order valence-corrected chi connectivity index (χ2v) is 11.9. The van der Waals surface area contributed by atoms with Crippen molar-refractivity contribution in [2.45, 2.75) is 60.3 Å². The topological polar surface area (TPSA) is 74.3 Å². The zero-order valence-electron chi connectivity index (χ0n) is 29.0. The van der Waals surface area contributed by atoms with Gasteiger partial charge < -0.3 is 23.8 Å². The number of anilines is 1. The Balaban J connectivity index is 1.71. The summed E-state index contributed by atoms with van der Waals surface area (Å²) < 4.78 is 24.0. The minimum atomic E-state index is -0.589. The monoisotopic (exact) mass is 661 g/mol. The van der Waals surface area contributed by atoms with E-state index >= 15 is 0 Å². The molecule has 0 aliphatic carbocycles. The van der Waals surface area contributed by atoms with Crippen LogP contribution < -0.4 is 14.4 Å². The molecule has 0 N–H and O–H groups in total. The van der Waals surface area contributed by atoms with E-state index in [1.165, 1.54) is 11.1 Å². The molecule has 0 fully saturated rings. The average Bonchev–Trinajstić information content (AvgIpc) is 3.11. The van der Waals surface area contributed by atoms with Gasteiger partial charge in [0.2, 0.25) is 0 Å². The van der Waals surface area contributed by atoms with Gasteiger partial charge in [-0.2, -0.15) is 0 Å². The summed E-state index contributed by atoms with van der Waals surface area (Å²) in [6.07, 6.45) is 6.10. The summed E-state index contributed by atoms with van der Waals surface area (Å²) in [6.45, 7) is 8.91. The van der Waals surface area contributed by atoms with Crippen molar-refractivity contribution in [3.8, 4) is 11.5 Å². The van der Waals surface area contributed by atoms with Crippen molar-refractivity contribution in [3.05, 3.63) is 149 Å². The summed E-state index contributed by atoms with van der Waals surface area (Å²) in [4.78, 5) is 29.3. The summed E-state index contributed by atoms with van der Waals surface area (Å²) >= 11 is 0. The summed E-state index contributed by atoms with van der Waals surface area (Å²) in [5.41, 5.74) is 5.71. The van der Waals surface area contributed by atoms with Crippen LogP contribution in [0, 0.1) is 0 Å². The Morgan fingerprint density at radius 1 is 0.735 bits per heavy atom. The maximum absolute atomic E-state index is 14.1. The normalized spacial score (nSPS) is 11.1. The van der Waals surface area contributed by atoms with Crippen LogP contribution in [0.15, 0.2) is 126 Å². The third-order valence-electron chi connectivity index (χ3n) is 7.65. The van der Waals surface area contributed by atoms with Crippen LogP contribution >= 0.6 is 0 Å². The zero-order valence-corrected chi connectivity index (χ0v) is 29.0. The van der Waals surface area contributed by atoms with Crippen molar-refractivity contribution in [1.82, 2.24) is 0 Å². The van der Waals surface area contributed by atoms with E-state index in [-0.39, 0.29) is 44.4 Å². The van der Waals surface area contributed by atoms with Gasteiger partial charge >= 0.3 is 5.97 Å². The van der Waals surface area contributed by atoms with E-state index in [2.05, 4.69) is 26.8 Å². The molecule has 0 aliphatic rings. The number of carbonyl (C=O) groups excluding carboxylic acids is 2. The predicted octanol–water partition coefficient (Wildman–Crippen LogP) is 9.26. The highest BCUT2D eigenvalue weighted by atomic mass is 16.5. The number of ether oxygens (including phenoxy) is 4. The summed E-state index contributed by atoms with van der Waals surface area (Å²) in [7, 11) is 0. The van der Waals surface area contributed by atoms with Gasteiger partial charge in [-0.1, -0.05) is 114 Å². The third kappa shape index (κ3) is 12.1.